The number of hydrogen-bond donors (Lipinski definition) is 0. The maximum Gasteiger partial charge on any atom is 0.250 e. The van der Waals surface area contributed by atoms with Crippen molar-refractivity contribution in [2.75, 3.05) is 19.8 Å². The lowest BCUT2D eigenvalue weighted by molar-refractivity contribution is 0.0751. The molecule has 0 radical (unpaired) electrons. The molecule has 2 aromatic rings. The van der Waals surface area contributed by atoms with Crippen molar-refractivity contribution >= 4 is 0 Å². The van der Waals surface area contributed by atoms with Crippen LogP contribution in [0.3, 0.4) is 0 Å². The Morgan fingerprint density at radius 3 is 3.09 bits per heavy atom. The molecule has 23 heavy (non-hydrogen) atoms. The van der Waals surface area contributed by atoms with Crippen LogP contribution in [-0.4, -0.2) is 50.5 Å². The highest BCUT2D eigenvalue weighted by Crippen LogP contribution is 2.20. The Kier molecular flexibility index (Phi) is 5.12. The largest absolute Gasteiger partial charge is 0.471 e. The van der Waals surface area contributed by atoms with Crippen molar-refractivity contribution in [2.24, 2.45) is 0 Å². The summed E-state index contributed by atoms with van der Waals surface area (Å²) in [6.07, 6.45) is 4.62. The van der Waals surface area contributed by atoms with Gasteiger partial charge < -0.3 is 4.74 Å². The molecule has 1 aliphatic heterocycles. The van der Waals surface area contributed by atoms with Gasteiger partial charge in [-0.25, -0.2) is 23.4 Å². The van der Waals surface area contributed by atoms with Crippen LogP contribution in [-0.2, 0) is 13.1 Å². The molecule has 1 atom stereocenters. The number of aromatic nitrogens is 4. The molecule has 1 aliphatic rings. The second-order valence-corrected chi connectivity index (χ2v) is 5.50. The van der Waals surface area contributed by atoms with Crippen LogP contribution in [0.4, 0.5) is 8.78 Å². The number of ether oxygens (including phenoxy) is 1. The van der Waals surface area contributed by atoms with Crippen molar-refractivity contribution in [3.63, 3.8) is 0 Å². The summed E-state index contributed by atoms with van der Waals surface area (Å²) >= 11 is 0. The average molecular weight is 323 g/mol. The van der Waals surface area contributed by atoms with Gasteiger partial charge in [0.15, 0.2) is 5.82 Å². The highest BCUT2D eigenvalue weighted by atomic mass is 19.1. The lowest BCUT2D eigenvalue weighted by Gasteiger charge is -2.32. The molecule has 3 heterocycles. The Labute approximate surface area is 133 Å². The van der Waals surface area contributed by atoms with Crippen molar-refractivity contribution in [2.45, 2.75) is 32.0 Å². The normalized spacial score (nSPS) is 19.0. The van der Waals surface area contributed by atoms with Crippen LogP contribution in [0, 0.1) is 5.82 Å². The molecule has 0 aliphatic carbocycles. The smallest absolute Gasteiger partial charge is 0.250 e. The third-order valence-electron chi connectivity index (χ3n) is 3.82. The van der Waals surface area contributed by atoms with Crippen LogP contribution in [0.5, 0.6) is 5.88 Å². The first-order valence-corrected chi connectivity index (χ1v) is 7.68. The van der Waals surface area contributed by atoms with E-state index in [0.717, 1.165) is 25.2 Å². The Hall–Kier alpha value is -2.09. The fourth-order valence-electron chi connectivity index (χ4n) is 2.75. The van der Waals surface area contributed by atoms with Crippen LogP contribution in [0.2, 0.25) is 0 Å². The SMILES string of the molecule is FCCn1ncnc1CN1CCCC(Oc2ncccc2F)C1. The topological polar surface area (TPSA) is 56.1 Å². The Morgan fingerprint density at radius 2 is 2.26 bits per heavy atom. The Balaban J connectivity index is 1.60. The van der Waals surface area contributed by atoms with E-state index in [9.17, 15) is 8.78 Å². The van der Waals surface area contributed by atoms with Gasteiger partial charge in [0.25, 0.3) is 5.88 Å². The minimum atomic E-state index is -0.471. The summed E-state index contributed by atoms with van der Waals surface area (Å²) in [6.45, 7) is 1.86. The lowest BCUT2D eigenvalue weighted by Crippen LogP contribution is -2.41. The van der Waals surface area contributed by atoms with Crippen molar-refractivity contribution in [1.29, 1.82) is 0 Å². The van der Waals surface area contributed by atoms with E-state index >= 15 is 0 Å². The number of likely N-dealkylation sites (tertiary alicyclic amines) is 1. The summed E-state index contributed by atoms with van der Waals surface area (Å²) in [6, 6.07) is 2.87. The van der Waals surface area contributed by atoms with E-state index < -0.39 is 12.5 Å². The molecule has 1 fully saturated rings. The first-order chi connectivity index (χ1) is 11.3. The fraction of sp³-hybridized carbons (Fsp3) is 0.533. The third-order valence-corrected chi connectivity index (χ3v) is 3.82. The molecule has 3 rings (SSSR count). The van der Waals surface area contributed by atoms with Gasteiger partial charge in [-0.1, -0.05) is 0 Å². The van der Waals surface area contributed by atoms with Gasteiger partial charge in [-0.3, -0.25) is 4.90 Å². The monoisotopic (exact) mass is 323 g/mol. The van der Waals surface area contributed by atoms with Gasteiger partial charge in [-0.2, -0.15) is 5.10 Å². The molecule has 1 unspecified atom stereocenters. The number of rotatable bonds is 6. The molecule has 0 aromatic carbocycles. The van der Waals surface area contributed by atoms with Crippen molar-refractivity contribution in [3.05, 3.63) is 36.3 Å². The van der Waals surface area contributed by atoms with E-state index in [1.54, 1.807) is 4.68 Å². The van der Waals surface area contributed by atoms with Crippen LogP contribution in [0.1, 0.15) is 18.7 Å². The number of aryl methyl sites for hydroxylation is 1. The number of pyridine rings is 1. The summed E-state index contributed by atoms with van der Waals surface area (Å²) < 4.78 is 33.4. The molecule has 0 amide bonds. The molecule has 8 heteroatoms. The van der Waals surface area contributed by atoms with E-state index in [1.165, 1.54) is 24.7 Å². The van der Waals surface area contributed by atoms with Gasteiger partial charge in [-0.15, -0.1) is 0 Å². The predicted octanol–water partition coefficient (Wildman–Crippen LogP) is 1.83. The second kappa shape index (κ2) is 7.45. The maximum atomic E-state index is 13.6. The van der Waals surface area contributed by atoms with Gasteiger partial charge in [0.1, 0.15) is 24.9 Å². The third kappa shape index (κ3) is 4.01. The zero-order valence-electron chi connectivity index (χ0n) is 12.7. The first-order valence-electron chi connectivity index (χ1n) is 7.68. The molecular weight excluding hydrogens is 304 g/mol. The van der Waals surface area contributed by atoms with Crippen LogP contribution in [0.25, 0.3) is 0 Å². The van der Waals surface area contributed by atoms with Gasteiger partial charge in [-0.05, 0) is 31.5 Å². The number of alkyl halides is 1. The van der Waals surface area contributed by atoms with E-state index in [-0.39, 0.29) is 18.5 Å². The van der Waals surface area contributed by atoms with Gasteiger partial charge >= 0.3 is 0 Å². The fourth-order valence-corrected chi connectivity index (χ4v) is 2.75. The van der Waals surface area contributed by atoms with Crippen LogP contribution in [0.15, 0.2) is 24.7 Å². The summed E-state index contributed by atoms with van der Waals surface area (Å²) in [5.41, 5.74) is 0. The van der Waals surface area contributed by atoms with E-state index in [2.05, 4.69) is 20.0 Å². The maximum absolute atomic E-state index is 13.6. The zero-order valence-corrected chi connectivity index (χ0v) is 12.7. The van der Waals surface area contributed by atoms with Gasteiger partial charge in [0, 0.05) is 12.7 Å². The number of halogens is 2. The number of nitrogens with zero attached hydrogens (tertiary/aromatic N) is 5. The molecule has 6 nitrogen and oxygen atoms in total. The molecular formula is C15H19F2N5O. The molecule has 0 saturated carbocycles. The summed E-state index contributed by atoms with van der Waals surface area (Å²) in [7, 11) is 0. The summed E-state index contributed by atoms with van der Waals surface area (Å²) in [5, 5.41) is 4.02. The van der Waals surface area contributed by atoms with Gasteiger partial charge in [0.2, 0.25) is 0 Å². The Bertz CT molecular complexity index is 636. The highest BCUT2D eigenvalue weighted by molar-refractivity contribution is 5.13. The molecule has 0 bridgehead atoms. The second-order valence-electron chi connectivity index (χ2n) is 5.50. The van der Waals surface area contributed by atoms with E-state index in [4.69, 9.17) is 4.74 Å². The van der Waals surface area contributed by atoms with Crippen LogP contribution < -0.4 is 4.74 Å². The minimum absolute atomic E-state index is 0.0416. The van der Waals surface area contributed by atoms with Gasteiger partial charge in [0.05, 0.1) is 13.1 Å². The average Bonchev–Trinajstić information content (AvgIpc) is 2.98. The first kappa shape index (κ1) is 15.8. The van der Waals surface area contributed by atoms with Crippen molar-refractivity contribution in [1.82, 2.24) is 24.6 Å². The molecule has 2 aromatic heterocycles. The zero-order chi connectivity index (χ0) is 16.1. The molecule has 124 valence electrons. The van der Waals surface area contributed by atoms with Crippen LogP contribution >= 0.6 is 0 Å². The minimum Gasteiger partial charge on any atom is -0.471 e. The highest BCUT2D eigenvalue weighted by Gasteiger charge is 2.24. The molecule has 1 saturated heterocycles. The van der Waals surface area contributed by atoms with E-state index in [0.29, 0.717) is 13.1 Å². The van der Waals surface area contributed by atoms with Crippen molar-refractivity contribution < 1.29 is 13.5 Å². The quantitative estimate of drug-likeness (QED) is 0.812. The standard InChI is InChI=1S/C15H19F2N5O/c16-5-8-22-14(19-11-20-22)10-21-7-2-3-12(9-21)23-15-13(17)4-1-6-18-15/h1,4,6,11-12H,2-3,5,7-10H2. The van der Waals surface area contributed by atoms with Crippen molar-refractivity contribution in [3.8, 4) is 5.88 Å². The molecule has 0 N–H and O–H groups in total. The summed E-state index contributed by atoms with van der Waals surface area (Å²) in [5.74, 6) is 0.319. The Morgan fingerprint density at radius 1 is 1.35 bits per heavy atom. The lowest BCUT2D eigenvalue weighted by atomic mass is 10.1. The number of piperidine rings is 1. The number of hydrogen-bond acceptors (Lipinski definition) is 5. The molecule has 0 spiro atoms. The predicted molar refractivity (Wildman–Crippen MR) is 79.1 cm³/mol. The summed E-state index contributed by atoms with van der Waals surface area (Å²) in [4.78, 5) is 10.3. The van der Waals surface area contributed by atoms with E-state index in [1.807, 2.05) is 0 Å².